The van der Waals surface area contributed by atoms with Crippen LogP contribution in [0.2, 0.25) is 0 Å². The summed E-state index contributed by atoms with van der Waals surface area (Å²) in [7, 11) is 0. The van der Waals surface area contributed by atoms with Crippen molar-refractivity contribution in [1.82, 2.24) is 0 Å². The monoisotopic (exact) mass is 319 g/mol. The average molecular weight is 320 g/mol. The van der Waals surface area contributed by atoms with Gasteiger partial charge in [-0.1, -0.05) is 46.3 Å². The van der Waals surface area contributed by atoms with Gasteiger partial charge in [0.05, 0.1) is 12.6 Å². The first kappa shape index (κ1) is 13.8. The highest BCUT2D eigenvalue weighted by Gasteiger charge is 2.07. The fourth-order valence-corrected chi connectivity index (χ4v) is 2.09. The molecule has 1 atom stereocenters. The maximum Gasteiger partial charge on any atom is 0.124 e. The van der Waals surface area contributed by atoms with E-state index in [1.165, 1.54) is 0 Å². The van der Waals surface area contributed by atoms with Crippen molar-refractivity contribution < 1.29 is 10.2 Å². The maximum absolute atomic E-state index is 9.72. The summed E-state index contributed by atoms with van der Waals surface area (Å²) in [6, 6.07) is 14.4. The van der Waals surface area contributed by atoms with Crippen molar-refractivity contribution >= 4 is 22.1 Å². The molecule has 0 saturated heterocycles. The number of hydrogen-bond acceptors (Lipinski definition) is 3. The Bertz CT molecular complexity index is 570. The third kappa shape index (κ3) is 3.66. The van der Waals surface area contributed by atoms with Crippen LogP contribution in [0.15, 0.2) is 58.0 Å². The minimum atomic E-state index is -0.320. The summed E-state index contributed by atoms with van der Waals surface area (Å²) < 4.78 is 0.868. The topological polar surface area (TPSA) is 52.8 Å². The Balaban J connectivity index is 2.23. The van der Waals surface area contributed by atoms with E-state index in [1.54, 1.807) is 24.4 Å². The Morgan fingerprint density at radius 3 is 2.58 bits per heavy atom. The molecule has 19 heavy (non-hydrogen) atoms. The predicted octanol–water partition coefficient (Wildman–Crippen LogP) is 3.31. The second-order valence-corrected chi connectivity index (χ2v) is 5.01. The molecule has 0 aromatic heterocycles. The van der Waals surface area contributed by atoms with E-state index in [9.17, 15) is 10.2 Å². The number of benzene rings is 2. The molecule has 0 bridgehead atoms. The third-order valence-electron chi connectivity index (χ3n) is 2.74. The van der Waals surface area contributed by atoms with Crippen LogP contribution in [0.4, 0.5) is 0 Å². The van der Waals surface area contributed by atoms with Gasteiger partial charge in [-0.15, -0.1) is 0 Å². The van der Waals surface area contributed by atoms with Gasteiger partial charge in [-0.2, -0.15) is 0 Å². The van der Waals surface area contributed by atoms with E-state index in [0.29, 0.717) is 5.56 Å². The van der Waals surface area contributed by atoms with E-state index in [0.717, 1.165) is 10.0 Å². The number of aliphatic hydroxyl groups excluding tert-OH is 1. The first-order valence-electron chi connectivity index (χ1n) is 5.88. The molecule has 2 rings (SSSR count). The molecule has 0 aliphatic heterocycles. The van der Waals surface area contributed by atoms with Gasteiger partial charge in [-0.3, -0.25) is 4.99 Å². The fraction of sp³-hybridized carbons (Fsp3) is 0.133. The lowest BCUT2D eigenvalue weighted by atomic mass is 10.1. The lowest BCUT2D eigenvalue weighted by molar-refractivity contribution is 0.269. The van der Waals surface area contributed by atoms with E-state index >= 15 is 0 Å². The van der Waals surface area contributed by atoms with Crippen LogP contribution in [-0.2, 0) is 0 Å². The smallest absolute Gasteiger partial charge is 0.124 e. The molecular weight excluding hydrogens is 306 g/mol. The number of hydrogen-bond donors (Lipinski definition) is 2. The molecular formula is C15H14BrNO2. The minimum Gasteiger partial charge on any atom is -0.507 e. The second-order valence-electron chi connectivity index (χ2n) is 4.09. The number of aliphatic imine (C=N–C) groups is 1. The highest BCUT2D eigenvalue weighted by atomic mass is 79.9. The van der Waals surface area contributed by atoms with Gasteiger partial charge in [0.2, 0.25) is 0 Å². The Kier molecular flexibility index (Phi) is 4.71. The molecule has 0 aliphatic carbocycles. The fourth-order valence-electron chi connectivity index (χ4n) is 1.71. The van der Waals surface area contributed by atoms with Crippen molar-refractivity contribution in [3.05, 3.63) is 64.1 Å². The summed E-state index contributed by atoms with van der Waals surface area (Å²) in [5.74, 6) is 0.164. The Labute approximate surface area is 120 Å². The standard InChI is InChI=1S/C15H14BrNO2/c16-13-6-7-15(19)12(8-13)9-17-14(10-18)11-4-2-1-3-5-11/h1-9,14,18-19H,10H2/t14-/m1/s1. The summed E-state index contributed by atoms with van der Waals surface area (Å²) in [4.78, 5) is 4.33. The number of phenolic OH excluding ortho intramolecular Hbond substituents is 1. The summed E-state index contributed by atoms with van der Waals surface area (Å²) >= 11 is 3.34. The number of nitrogens with zero attached hydrogens (tertiary/aromatic N) is 1. The number of aromatic hydroxyl groups is 1. The molecule has 0 saturated carbocycles. The van der Waals surface area contributed by atoms with Gasteiger partial charge in [-0.25, -0.2) is 0 Å². The zero-order valence-electron chi connectivity index (χ0n) is 10.2. The van der Waals surface area contributed by atoms with E-state index in [4.69, 9.17) is 0 Å². The quantitative estimate of drug-likeness (QED) is 0.849. The minimum absolute atomic E-state index is 0.0741. The van der Waals surface area contributed by atoms with E-state index in [-0.39, 0.29) is 18.4 Å². The molecule has 0 fully saturated rings. The van der Waals surface area contributed by atoms with Crippen molar-refractivity contribution in [2.45, 2.75) is 6.04 Å². The molecule has 0 amide bonds. The molecule has 0 heterocycles. The van der Waals surface area contributed by atoms with Gasteiger partial charge in [0, 0.05) is 16.3 Å². The normalized spacial score (nSPS) is 12.7. The Morgan fingerprint density at radius 1 is 1.16 bits per heavy atom. The lowest BCUT2D eigenvalue weighted by Gasteiger charge is -2.09. The van der Waals surface area contributed by atoms with Crippen molar-refractivity contribution in [3.8, 4) is 5.75 Å². The van der Waals surface area contributed by atoms with Crippen LogP contribution in [0, 0.1) is 0 Å². The lowest BCUT2D eigenvalue weighted by Crippen LogP contribution is -2.01. The van der Waals surface area contributed by atoms with E-state index in [1.807, 2.05) is 30.3 Å². The van der Waals surface area contributed by atoms with Gasteiger partial charge in [0.25, 0.3) is 0 Å². The highest BCUT2D eigenvalue weighted by molar-refractivity contribution is 9.10. The molecule has 2 N–H and O–H groups in total. The van der Waals surface area contributed by atoms with Crippen molar-refractivity contribution in [3.63, 3.8) is 0 Å². The van der Waals surface area contributed by atoms with Crippen molar-refractivity contribution in [1.29, 1.82) is 0 Å². The Hall–Kier alpha value is -1.65. The van der Waals surface area contributed by atoms with Crippen LogP contribution in [-0.4, -0.2) is 23.0 Å². The summed E-state index contributed by atoms with van der Waals surface area (Å²) in [5, 5.41) is 19.1. The molecule has 98 valence electrons. The molecule has 4 heteroatoms. The number of phenols is 1. The zero-order chi connectivity index (χ0) is 13.7. The molecule has 0 radical (unpaired) electrons. The summed E-state index contributed by atoms with van der Waals surface area (Å²) in [5.41, 5.74) is 1.56. The highest BCUT2D eigenvalue weighted by Crippen LogP contribution is 2.22. The van der Waals surface area contributed by atoms with E-state index in [2.05, 4.69) is 20.9 Å². The van der Waals surface area contributed by atoms with E-state index < -0.39 is 0 Å². The van der Waals surface area contributed by atoms with Gasteiger partial charge < -0.3 is 10.2 Å². The summed E-state index contributed by atoms with van der Waals surface area (Å²) in [6.45, 7) is -0.0741. The molecule has 0 aliphatic rings. The first-order valence-corrected chi connectivity index (χ1v) is 6.67. The van der Waals surface area contributed by atoms with Crippen molar-refractivity contribution in [2.75, 3.05) is 6.61 Å². The molecule has 0 spiro atoms. The SMILES string of the molecule is OC[C@@H](N=Cc1cc(Br)ccc1O)c1ccccc1. The van der Waals surface area contributed by atoms with Crippen LogP contribution in [0.25, 0.3) is 0 Å². The average Bonchev–Trinajstić information content (AvgIpc) is 2.44. The summed E-state index contributed by atoms with van der Waals surface area (Å²) in [6.07, 6.45) is 1.58. The first-order chi connectivity index (χ1) is 9.20. The van der Waals surface area contributed by atoms with Crippen LogP contribution in [0.5, 0.6) is 5.75 Å². The molecule has 2 aromatic carbocycles. The zero-order valence-corrected chi connectivity index (χ0v) is 11.8. The van der Waals surface area contributed by atoms with Gasteiger partial charge in [0.1, 0.15) is 5.75 Å². The predicted molar refractivity (Wildman–Crippen MR) is 79.7 cm³/mol. The molecule has 2 aromatic rings. The number of aliphatic hydroxyl groups is 1. The number of halogens is 1. The van der Waals surface area contributed by atoms with Crippen LogP contribution >= 0.6 is 15.9 Å². The second kappa shape index (κ2) is 6.50. The third-order valence-corrected chi connectivity index (χ3v) is 3.23. The largest absolute Gasteiger partial charge is 0.507 e. The van der Waals surface area contributed by atoms with Gasteiger partial charge >= 0.3 is 0 Å². The number of rotatable bonds is 4. The van der Waals surface area contributed by atoms with Crippen LogP contribution < -0.4 is 0 Å². The molecule has 0 unspecified atom stereocenters. The maximum atomic E-state index is 9.72. The van der Waals surface area contributed by atoms with Crippen LogP contribution in [0.1, 0.15) is 17.2 Å². The van der Waals surface area contributed by atoms with Gasteiger partial charge in [0.15, 0.2) is 0 Å². The van der Waals surface area contributed by atoms with Crippen LogP contribution in [0.3, 0.4) is 0 Å². The molecule has 3 nitrogen and oxygen atoms in total. The van der Waals surface area contributed by atoms with Gasteiger partial charge in [-0.05, 0) is 23.8 Å². The Morgan fingerprint density at radius 2 is 1.89 bits per heavy atom. The van der Waals surface area contributed by atoms with Crippen molar-refractivity contribution in [2.24, 2.45) is 4.99 Å².